The third kappa shape index (κ3) is 3.48. The van der Waals surface area contributed by atoms with Gasteiger partial charge >= 0.3 is 0 Å². The maximum Gasteiger partial charge on any atom is 0.272 e. The van der Waals surface area contributed by atoms with E-state index < -0.39 is 0 Å². The number of nitrogens with one attached hydrogen (secondary N) is 1. The molecular weight excluding hydrogens is 390 g/mol. The third-order valence-corrected chi connectivity index (χ3v) is 5.80. The fourth-order valence-electron chi connectivity index (χ4n) is 4.26. The molecule has 0 saturated carbocycles. The number of nitrogens with zero attached hydrogens (tertiary/aromatic N) is 4. The van der Waals surface area contributed by atoms with E-state index in [9.17, 15) is 4.79 Å². The van der Waals surface area contributed by atoms with Gasteiger partial charge in [-0.05, 0) is 34.9 Å². The van der Waals surface area contributed by atoms with Gasteiger partial charge in [0.1, 0.15) is 11.4 Å². The predicted molar refractivity (Wildman–Crippen MR) is 117 cm³/mol. The zero-order valence-corrected chi connectivity index (χ0v) is 17.4. The van der Waals surface area contributed by atoms with Crippen molar-refractivity contribution < 1.29 is 9.53 Å². The molecule has 0 radical (unpaired) electrons. The topological polar surface area (TPSA) is 76.0 Å². The Morgan fingerprint density at radius 1 is 1.16 bits per heavy atom. The van der Waals surface area contributed by atoms with Crippen LogP contribution >= 0.6 is 0 Å². The van der Waals surface area contributed by atoms with E-state index >= 15 is 0 Å². The molecule has 31 heavy (non-hydrogen) atoms. The number of para-hydroxylation sites is 1. The van der Waals surface area contributed by atoms with Crippen molar-refractivity contribution in [2.45, 2.75) is 12.5 Å². The Kier molecular flexibility index (Phi) is 4.78. The van der Waals surface area contributed by atoms with Crippen molar-refractivity contribution in [3.05, 3.63) is 89.4 Å². The number of carbonyl (C=O) groups excluding carboxylic acids is 1. The monoisotopic (exact) mass is 413 g/mol. The highest BCUT2D eigenvalue weighted by Gasteiger charge is 2.31. The standard InChI is InChI=1S/C24H23N5O2/c1-28-13-17(12-25-28)20-15-29(14-16-7-3-4-8-18(16)20)24(30)22-11-21(26-27-22)19-9-5-6-10-23(19)31-2/h3-13,20H,14-15H2,1-2H3,(H,26,27)/t20-/m0/s1. The minimum absolute atomic E-state index is 0.0722. The van der Waals surface area contributed by atoms with Crippen LogP contribution in [-0.4, -0.2) is 44.4 Å². The lowest BCUT2D eigenvalue weighted by Gasteiger charge is -2.34. The Morgan fingerprint density at radius 3 is 2.77 bits per heavy atom. The van der Waals surface area contributed by atoms with Gasteiger partial charge in [-0.2, -0.15) is 10.2 Å². The van der Waals surface area contributed by atoms with E-state index in [1.165, 1.54) is 5.56 Å². The number of ether oxygens (including phenoxy) is 1. The molecule has 3 heterocycles. The summed E-state index contributed by atoms with van der Waals surface area (Å²) in [6.45, 7) is 1.15. The highest BCUT2D eigenvalue weighted by Crippen LogP contribution is 2.34. The lowest BCUT2D eigenvalue weighted by Crippen LogP contribution is -2.38. The molecule has 4 aromatic rings. The average Bonchev–Trinajstić information content (AvgIpc) is 3.47. The summed E-state index contributed by atoms with van der Waals surface area (Å²) in [5.74, 6) is 0.729. The van der Waals surface area contributed by atoms with Crippen molar-refractivity contribution in [2.24, 2.45) is 7.05 Å². The smallest absolute Gasteiger partial charge is 0.272 e. The van der Waals surface area contributed by atoms with Gasteiger partial charge in [0, 0.05) is 37.8 Å². The highest BCUT2D eigenvalue weighted by molar-refractivity contribution is 5.94. The summed E-state index contributed by atoms with van der Waals surface area (Å²) in [6.07, 6.45) is 3.90. The lowest BCUT2D eigenvalue weighted by atomic mass is 9.86. The van der Waals surface area contributed by atoms with Crippen LogP contribution in [0.2, 0.25) is 0 Å². The van der Waals surface area contributed by atoms with E-state index in [4.69, 9.17) is 4.74 Å². The molecule has 2 aromatic carbocycles. The van der Waals surface area contributed by atoms with Crippen LogP contribution in [0.3, 0.4) is 0 Å². The molecule has 1 N–H and O–H groups in total. The number of benzene rings is 2. The Labute approximate surface area is 180 Å². The Morgan fingerprint density at radius 2 is 1.97 bits per heavy atom. The second-order valence-electron chi connectivity index (χ2n) is 7.75. The van der Waals surface area contributed by atoms with Gasteiger partial charge in [0.15, 0.2) is 0 Å². The second kappa shape index (κ2) is 7.75. The maximum absolute atomic E-state index is 13.4. The summed E-state index contributed by atoms with van der Waals surface area (Å²) in [6, 6.07) is 17.7. The number of hydrogen-bond acceptors (Lipinski definition) is 4. The van der Waals surface area contributed by atoms with Gasteiger partial charge in [-0.3, -0.25) is 14.6 Å². The minimum atomic E-state index is -0.0722. The number of aromatic nitrogens is 4. The zero-order chi connectivity index (χ0) is 21.4. The molecule has 0 bridgehead atoms. The number of hydrogen-bond donors (Lipinski definition) is 1. The molecular formula is C24H23N5O2. The van der Waals surface area contributed by atoms with Crippen LogP contribution in [0.1, 0.15) is 33.1 Å². The van der Waals surface area contributed by atoms with Crippen LogP contribution < -0.4 is 4.74 Å². The molecule has 0 saturated heterocycles. The first-order valence-corrected chi connectivity index (χ1v) is 10.2. The Balaban J connectivity index is 1.46. The van der Waals surface area contributed by atoms with E-state index in [0.717, 1.165) is 22.4 Å². The Hall–Kier alpha value is -3.87. The van der Waals surface area contributed by atoms with Crippen LogP contribution in [-0.2, 0) is 13.6 Å². The van der Waals surface area contributed by atoms with E-state index in [1.807, 2.05) is 60.7 Å². The molecule has 7 nitrogen and oxygen atoms in total. The number of fused-ring (bicyclic) bond motifs is 1. The first kappa shape index (κ1) is 19.1. The first-order chi connectivity index (χ1) is 15.1. The van der Waals surface area contributed by atoms with Gasteiger partial charge in [-0.15, -0.1) is 0 Å². The molecule has 0 unspecified atom stereocenters. The molecule has 0 fully saturated rings. The first-order valence-electron chi connectivity index (χ1n) is 10.2. The number of rotatable bonds is 4. The van der Waals surface area contributed by atoms with E-state index in [0.29, 0.717) is 24.5 Å². The number of H-pyrrole nitrogens is 1. The third-order valence-electron chi connectivity index (χ3n) is 5.80. The number of aryl methyl sites for hydroxylation is 1. The minimum Gasteiger partial charge on any atom is -0.496 e. The predicted octanol–water partition coefficient (Wildman–Crippen LogP) is 3.61. The van der Waals surface area contributed by atoms with E-state index in [-0.39, 0.29) is 11.8 Å². The molecule has 5 rings (SSSR count). The molecule has 1 aliphatic rings. The van der Waals surface area contributed by atoms with Crippen molar-refractivity contribution in [1.82, 2.24) is 24.9 Å². The van der Waals surface area contributed by atoms with Crippen molar-refractivity contribution in [3.63, 3.8) is 0 Å². The number of methoxy groups -OCH3 is 1. The fourth-order valence-corrected chi connectivity index (χ4v) is 4.26. The van der Waals surface area contributed by atoms with Crippen molar-refractivity contribution >= 4 is 5.91 Å². The van der Waals surface area contributed by atoms with Crippen LogP contribution in [0.5, 0.6) is 5.75 Å². The zero-order valence-electron chi connectivity index (χ0n) is 17.4. The van der Waals surface area contributed by atoms with E-state index in [2.05, 4.69) is 27.4 Å². The molecule has 2 aromatic heterocycles. The molecule has 1 atom stereocenters. The largest absolute Gasteiger partial charge is 0.496 e. The van der Waals surface area contributed by atoms with Gasteiger partial charge in [0.2, 0.25) is 0 Å². The second-order valence-corrected chi connectivity index (χ2v) is 7.75. The number of carbonyl (C=O) groups is 1. The maximum atomic E-state index is 13.4. The van der Waals surface area contributed by atoms with Gasteiger partial charge in [0.25, 0.3) is 5.91 Å². The van der Waals surface area contributed by atoms with Crippen molar-refractivity contribution in [2.75, 3.05) is 13.7 Å². The molecule has 0 spiro atoms. The summed E-state index contributed by atoms with van der Waals surface area (Å²) in [5, 5.41) is 11.6. The Bertz CT molecular complexity index is 1240. The van der Waals surface area contributed by atoms with Gasteiger partial charge < -0.3 is 9.64 Å². The fraction of sp³-hybridized carbons (Fsp3) is 0.208. The summed E-state index contributed by atoms with van der Waals surface area (Å²) in [5.41, 5.74) is 5.50. The normalized spacial score (nSPS) is 15.5. The highest BCUT2D eigenvalue weighted by atomic mass is 16.5. The summed E-state index contributed by atoms with van der Waals surface area (Å²) < 4.78 is 7.23. The molecule has 0 aliphatic carbocycles. The van der Waals surface area contributed by atoms with E-state index in [1.54, 1.807) is 17.9 Å². The van der Waals surface area contributed by atoms with Crippen LogP contribution in [0, 0.1) is 0 Å². The van der Waals surface area contributed by atoms with Gasteiger partial charge in [-0.1, -0.05) is 36.4 Å². The van der Waals surface area contributed by atoms with Crippen LogP contribution in [0.25, 0.3) is 11.3 Å². The SMILES string of the molecule is COc1ccccc1-c1cc(C(=O)N2Cc3ccccc3[C@H](c3cnn(C)c3)C2)[nH]n1. The lowest BCUT2D eigenvalue weighted by molar-refractivity contribution is 0.0719. The summed E-state index contributed by atoms with van der Waals surface area (Å²) in [7, 11) is 3.53. The number of amides is 1. The average molecular weight is 413 g/mol. The van der Waals surface area contributed by atoms with Crippen LogP contribution in [0.15, 0.2) is 67.0 Å². The molecule has 1 amide bonds. The number of aromatic amines is 1. The molecule has 1 aliphatic heterocycles. The molecule has 156 valence electrons. The van der Waals surface area contributed by atoms with Crippen molar-refractivity contribution in [3.8, 4) is 17.0 Å². The van der Waals surface area contributed by atoms with Gasteiger partial charge in [0.05, 0.1) is 19.0 Å². The van der Waals surface area contributed by atoms with Crippen LogP contribution in [0.4, 0.5) is 0 Å². The van der Waals surface area contributed by atoms with Crippen molar-refractivity contribution in [1.29, 1.82) is 0 Å². The quantitative estimate of drug-likeness (QED) is 0.555. The van der Waals surface area contributed by atoms with Gasteiger partial charge in [-0.25, -0.2) is 0 Å². The molecule has 7 heteroatoms. The summed E-state index contributed by atoms with van der Waals surface area (Å²) >= 11 is 0. The summed E-state index contributed by atoms with van der Waals surface area (Å²) in [4.78, 5) is 15.3.